The lowest BCUT2D eigenvalue weighted by Gasteiger charge is -2.24. The van der Waals surface area contributed by atoms with E-state index in [4.69, 9.17) is 41.3 Å². The largest absolute Gasteiger partial charge is 0.480 e. The van der Waals surface area contributed by atoms with Gasteiger partial charge in [0.1, 0.15) is 42.3 Å². The molecule has 14 nitrogen and oxygen atoms in total. The molecule has 0 spiro atoms. The van der Waals surface area contributed by atoms with Crippen molar-refractivity contribution in [1.82, 2.24) is 19.5 Å². The quantitative estimate of drug-likeness (QED) is 0.256. The second kappa shape index (κ2) is 9.83. The van der Waals surface area contributed by atoms with Crippen LogP contribution in [0.25, 0.3) is 11.2 Å². The van der Waals surface area contributed by atoms with Gasteiger partial charge in [0.25, 0.3) is 0 Å². The van der Waals surface area contributed by atoms with Gasteiger partial charge in [0.2, 0.25) is 0 Å². The van der Waals surface area contributed by atoms with Crippen molar-refractivity contribution in [2.75, 3.05) is 12.3 Å². The first-order valence-corrected chi connectivity index (χ1v) is 11.1. The van der Waals surface area contributed by atoms with Crippen molar-refractivity contribution < 1.29 is 33.6 Å². The number of carbonyl (C=O) groups excluding carboxylic acids is 1. The summed E-state index contributed by atoms with van der Waals surface area (Å²) in [7, 11) is 0. The fourth-order valence-corrected chi connectivity index (χ4v) is 4.13. The standard InChI is InChI=1S/C21H29N7O7/c1-21(2)34-15-12(5-6-13(29)32-10(7-22)3-4-11(23)20(30)31)33-19(16(15)35-21)28-9-27-14-17(24)25-8-26-18(14)28/h5-6,8-12,15-16,19H,3-4,7,22-23H2,1-2H3,(H,30,31)(H2,24,25,26)/t10?,11?,12?,15-,16+,19?/m0/s1. The number of ether oxygens (including phenoxy) is 4. The summed E-state index contributed by atoms with van der Waals surface area (Å²) in [5, 5.41) is 8.90. The SMILES string of the molecule is CC1(C)O[C@H]2C(C=CC(=O)OC(CN)CCC(N)C(=O)O)OC(n3cnc4c(N)ncnc43)[C@@H]2O1. The van der Waals surface area contributed by atoms with E-state index in [2.05, 4.69) is 15.0 Å². The van der Waals surface area contributed by atoms with Gasteiger partial charge in [0.05, 0.1) is 6.33 Å². The van der Waals surface area contributed by atoms with Crippen LogP contribution >= 0.6 is 0 Å². The van der Waals surface area contributed by atoms with Crippen molar-refractivity contribution in [2.24, 2.45) is 11.5 Å². The second-order valence-corrected chi connectivity index (χ2v) is 8.81. The number of fused-ring (bicyclic) bond motifs is 2. The van der Waals surface area contributed by atoms with Crippen molar-refractivity contribution in [2.45, 2.75) is 69.2 Å². The molecule has 0 bridgehead atoms. The molecule has 2 aliphatic heterocycles. The lowest BCUT2D eigenvalue weighted by molar-refractivity contribution is -0.191. The molecule has 6 atom stereocenters. The Balaban J connectivity index is 1.47. The zero-order valence-electron chi connectivity index (χ0n) is 19.3. The number of anilines is 1. The normalized spacial score (nSPS) is 27.2. The summed E-state index contributed by atoms with van der Waals surface area (Å²) in [6.07, 6.45) is 2.98. The summed E-state index contributed by atoms with van der Waals surface area (Å²) in [4.78, 5) is 35.8. The van der Waals surface area contributed by atoms with Gasteiger partial charge < -0.3 is 41.3 Å². The number of rotatable bonds is 9. The number of nitrogens with two attached hydrogens (primary N) is 3. The van der Waals surface area contributed by atoms with E-state index in [0.29, 0.717) is 11.2 Å². The van der Waals surface area contributed by atoms with E-state index in [-0.39, 0.29) is 25.2 Å². The summed E-state index contributed by atoms with van der Waals surface area (Å²) < 4.78 is 25.3. The topological polar surface area (TPSA) is 213 Å². The number of esters is 1. The fourth-order valence-electron chi connectivity index (χ4n) is 4.13. The van der Waals surface area contributed by atoms with Crippen molar-refractivity contribution in [3.05, 3.63) is 24.8 Å². The third kappa shape index (κ3) is 5.26. The van der Waals surface area contributed by atoms with Gasteiger partial charge in [0.15, 0.2) is 23.5 Å². The molecule has 4 heterocycles. The summed E-state index contributed by atoms with van der Waals surface area (Å²) in [6.45, 7) is 3.61. The second-order valence-electron chi connectivity index (χ2n) is 8.81. The number of aromatic nitrogens is 4. The zero-order valence-corrected chi connectivity index (χ0v) is 19.3. The molecule has 14 heteroatoms. The Morgan fingerprint density at radius 3 is 2.71 bits per heavy atom. The highest BCUT2D eigenvalue weighted by molar-refractivity contribution is 5.82. The van der Waals surface area contributed by atoms with E-state index >= 15 is 0 Å². The zero-order chi connectivity index (χ0) is 25.3. The number of carboxylic acid groups (broad SMARTS) is 1. The molecule has 0 aromatic carbocycles. The summed E-state index contributed by atoms with van der Waals surface area (Å²) in [5.74, 6) is -2.41. The van der Waals surface area contributed by atoms with Crippen LogP contribution in [0.5, 0.6) is 0 Å². The highest BCUT2D eigenvalue weighted by atomic mass is 16.8. The molecule has 4 unspecified atom stereocenters. The minimum atomic E-state index is -1.13. The molecule has 2 saturated heterocycles. The van der Waals surface area contributed by atoms with Crippen molar-refractivity contribution >= 4 is 28.9 Å². The van der Waals surface area contributed by atoms with E-state index in [1.165, 1.54) is 18.5 Å². The van der Waals surface area contributed by atoms with Crippen LogP contribution in [-0.4, -0.2) is 79.4 Å². The smallest absolute Gasteiger partial charge is 0.330 e. The molecule has 2 aromatic heterocycles. The average molecular weight is 492 g/mol. The number of carbonyl (C=O) groups is 2. The van der Waals surface area contributed by atoms with Gasteiger partial charge in [-0.15, -0.1) is 0 Å². The molecule has 0 amide bonds. The third-order valence-electron chi connectivity index (χ3n) is 5.81. The molecular formula is C21H29N7O7. The van der Waals surface area contributed by atoms with Gasteiger partial charge in [-0.1, -0.05) is 0 Å². The van der Waals surface area contributed by atoms with Crippen LogP contribution in [-0.2, 0) is 28.5 Å². The maximum absolute atomic E-state index is 12.4. The summed E-state index contributed by atoms with van der Waals surface area (Å²) >= 11 is 0. The number of hydrogen-bond donors (Lipinski definition) is 4. The van der Waals surface area contributed by atoms with E-state index < -0.39 is 54.4 Å². The van der Waals surface area contributed by atoms with Gasteiger partial charge in [-0.2, -0.15) is 0 Å². The van der Waals surface area contributed by atoms with E-state index in [1.54, 1.807) is 24.7 Å². The van der Waals surface area contributed by atoms with Crippen LogP contribution in [0.1, 0.15) is 32.9 Å². The van der Waals surface area contributed by atoms with E-state index in [9.17, 15) is 9.59 Å². The van der Waals surface area contributed by atoms with Crippen LogP contribution in [0, 0.1) is 0 Å². The predicted molar refractivity (Wildman–Crippen MR) is 120 cm³/mol. The summed E-state index contributed by atoms with van der Waals surface area (Å²) in [6, 6.07) is -1.05. The molecule has 2 aliphatic rings. The number of imidazole rings is 1. The van der Waals surface area contributed by atoms with Crippen LogP contribution in [0.3, 0.4) is 0 Å². The molecule has 35 heavy (non-hydrogen) atoms. The molecule has 190 valence electrons. The van der Waals surface area contributed by atoms with Gasteiger partial charge in [0, 0.05) is 12.6 Å². The monoisotopic (exact) mass is 491 g/mol. The Morgan fingerprint density at radius 1 is 1.26 bits per heavy atom. The maximum Gasteiger partial charge on any atom is 0.330 e. The first kappa shape index (κ1) is 24.9. The minimum Gasteiger partial charge on any atom is -0.480 e. The molecule has 2 fully saturated rings. The van der Waals surface area contributed by atoms with Crippen LogP contribution in [0.2, 0.25) is 0 Å². The van der Waals surface area contributed by atoms with Crippen LogP contribution in [0.15, 0.2) is 24.8 Å². The Hall–Kier alpha value is -3.17. The van der Waals surface area contributed by atoms with Gasteiger partial charge in [-0.3, -0.25) is 9.36 Å². The van der Waals surface area contributed by atoms with Gasteiger partial charge in [-0.25, -0.2) is 19.7 Å². The number of aliphatic carboxylic acids is 1. The van der Waals surface area contributed by atoms with Crippen molar-refractivity contribution in [3.63, 3.8) is 0 Å². The van der Waals surface area contributed by atoms with Crippen molar-refractivity contribution in [3.8, 4) is 0 Å². The fraction of sp³-hybridized carbons (Fsp3) is 0.571. The molecule has 4 rings (SSSR count). The van der Waals surface area contributed by atoms with Crippen LogP contribution in [0.4, 0.5) is 5.82 Å². The highest BCUT2D eigenvalue weighted by Crippen LogP contribution is 2.44. The number of carboxylic acids is 1. The highest BCUT2D eigenvalue weighted by Gasteiger charge is 2.55. The van der Waals surface area contributed by atoms with Crippen molar-refractivity contribution in [1.29, 1.82) is 0 Å². The Labute approximate surface area is 200 Å². The number of hydrogen-bond acceptors (Lipinski definition) is 12. The summed E-state index contributed by atoms with van der Waals surface area (Å²) in [5.41, 5.74) is 18.0. The van der Waals surface area contributed by atoms with Crippen LogP contribution < -0.4 is 17.2 Å². The van der Waals surface area contributed by atoms with E-state index in [0.717, 1.165) is 0 Å². The van der Waals surface area contributed by atoms with E-state index in [1.807, 2.05) is 0 Å². The number of nitrogen functional groups attached to an aromatic ring is 1. The minimum absolute atomic E-state index is 0.0302. The molecule has 2 aromatic rings. The molecule has 0 aliphatic carbocycles. The third-order valence-corrected chi connectivity index (χ3v) is 5.81. The maximum atomic E-state index is 12.4. The predicted octanol–water partition coefficient (Wildman–Crippen LogP) is -0.555. The molecular weight excluding hydrogens is 462 g/mol. The van der Waals surface area contributed by atoms with Gasteiger partial charge >= 0.3 is 11.9 Å². The molecule has 0 radical (unpaired) electrons. The Bertz CT molecular complexity index is 1120. The molecule has 7 N–H and O–H groups in total. The Morgan fingerprint density at radius 2 is 2.00 bits per heavy atom. The Kier molecular flexibility index (Phi) is 7.00. The first-order valence-electron chi connectivity index (χ1n) is 11.1. The lowest BCUT2D eigenvalue weighted by atomic mass is 10.1. The molecule has 0 saturated carbocycles. The average Bonchev–Trinajstić information content (AvgIpc) is 3.46. The first-order chi connectivity index (χ1) is 16.6. The lowest BCUT2D eigenvalue weighted by Crippen LogP contribution is -2.33. The number of nitrogens with zero attached hydrogens (tertiary/aromatic N) is 4. The van der Waals surface area contributed by atoms with Gasteiger partial charge in [-0.05, 0) is 32.8 Å².